The van der Waals surface area contributed by atoms with Gasteiger partial charge in [0.25, 0.3) is 0 Å². The van der Waals surface area contributed by atoms with Gasteiger partial charge in [0.15, 0.2) is 16.3 Å². The molecule has 9 heteroatoms. The summed E-state index contributed by atoms with van der Waals surface area (Å²) in [4.78, 5) is 5.65. The zero-order chi connectivity index (χ0) is 22.7. The number of methoxy groups -OCH3 is 3. The third kappa shape index (κ3) is 4.76. The molecule has 1 aliphatic rings. The number of ether oxygens (including phenoxy) is 4. The zero-order valence-electron chi connectivity index (χ0n) is 18.1. The molecule has 1 fully saturated rings. The summed E-state index contributed by atoms with van der Waals surface area (Å²) in [6.07, 6.45) is 2.20. The lowest BCUT2D eigenvalue weighted by Crippen LogP contribution is -2.24. The van der Waals surface area contributed by atoms with Crippen LogP contribution in [0.25, 0.3) is 11.3 Å². The van der Waals surface area contributed by atoms with Crippen LogP contribution in [0.5, 0.6) is 17.2 Å². The van der Waals surface area contributed by atoms with E-state index in [1.807, 2.05) is 18.2 Å². The van der Waals surface area contributed by atoms with Crippen molar-refractivity contribution in [3.63, 3.8) is 0 Å². The van der Waals surface area contributed by atoms with E-state index in [0.29, 0.717) is 39.5 Å². The summed E-state index contributed by atoms with van der Waals surface area (Å²) in [7, 11) is 4.81. The first-order valence-electron chi connectivity index (χ1n) is 10.1. The lowest BCUT2D eigenvalue weighted by atomic mass is 10.1. The Morgan fingerprint density at radius 3 is 2.44 bits per heavy atom. The Hall–Kier alpha value is -2.19. The van der Waals surface area contributed by atoms with E-state index in [-0.39, 0.29) is 6.10 Å². The highest BCUT2D eigenvalue weighted by Crippen LogP contribution is 2.41. The van der Waals surface area contributed by atoms with Crippen LogP contribution < -0.4 is 19.0 Å². The zero-order valence-corrected chi connectivity index (χ0v) is 20.4. The van der Waals surface area contributed by atoms with Gasteiger partial charge in [-0.25, -0.2) is 4.99 Å². The van der Waals surface area contributed by atoms with Gasteiger partial charge in [0.2, 0.25) is 5.75 Å². The molecule has 3 aromatic rings. The monoisotopic (exact) mass is 494 g/mol. The van der Waals surface area contributed by atoms with E-state index < -0.39 is 0 Å². The number of nitrogens with zero attached hydrogens (tertiary/aromatic N) is 2. The largest absolute Gasteiger partial charge is 0.493 e. The summed E-state index contributed by atoms with van der Waals surface area (Å²) in [6.45, 7) is 1.46. The van der Waals surface area contributed by atoms with E-state index in [0.717, 1.165) is 35.5 Å². The quantitative estimate of drug-likeness (QED) is 0.406. The second-order valence-corrected chi connectivity index (χ2v) is 8.95. The van der Waals surface area contributed by atoms with Gasteiger partial charge in [0.1, 0.15) is 0 Å². The minimum absolute atomic E-state index is 0.130. The van der Waals surface area contributed by atoms with Crippen LogP contribution in [0.3, 0.4) is 0 Å². The molecule has 1 saturated heterocycles. The van der Waals surface area contributed by atoms with Crippen LogP contribution in [0.15, 0.2) is 40.7 Å². The normalized spacial score (nSPS) is 16.4. The van der Waals surface area contributed by atoms with E-state index in [4.69, 9.17) is 47.1 Å². The number of hydrogen-bond donors (Lipinski definition) is 0. The van der Waals surface area contributed by atoms with Gasteiger partial charge in [-0.05, 0) is 43.2 Å². The van der Waals surface area contributed by atoms with Crippen molar-refractivity contribution < 1.29 is 18.9 Å². The minimum atomic E-state index is 0.130. The van der Waals surface area contributed by atoms with Crippen molar-refractivity contribution >= 4 is 40.2 Å². The molecule has 6 nitrogen and oxygen atoms in total. The van der Waals surface area contributed by atoms with Gasteiger partial charge in [-0.1, -0.05) is 23.2 Å². The topological polar surface area (TPSA) is 54.2 Å². The molecule has 0 N–H and O–H groups in total. The van der Waals surface area contributed by atoms with E-state index in [9.17, 15) is 0 Å². The van der Waals surface area contributed by atoms with Crippen molar-refractivity contribution in [1.29, 1.82) is 0 Å². The molecule has 32 heavy (non-hydrogen) atoms. The molecule has 0 radical (unpaired) electrons. The van der Waals surface area contributed by atoms with Crippen LogP contribution >= 0.6 is 34.5 Å². The van der Waals surface area contributed by atoms with Crippen LogP contribution in [0.1, 0.15) is 12.8 Å². The molecular formula is C23H24Cl2N2O4S. The third-order valence-corrected chi connectivity index (χ3v) is 6.70. The molecule has 170 valence electrons. The predicted molar refractivity (Wildman–Crippen MR) is 128 cm³/mol. The number of rotatable bonds is 7. The number of halogens is 2. The van der Waals surface area contributed by atoms with Crippen molar-refractivity contribution in [2.45, 2.75) is 25.5 Å². The maximum Gasteiger partial charge on any atom is 0.203 e. The van der Waals surface area contributed by atoms with Gasteiger partial charge >= 0.3 is 0 Å². The molecule has 1 aromatic heterocycles. The van der Waals surface area contributed by atoms with Gasteiger partial charge in [-0.2, -0.15) is 0 Å². The summed E-state index contributed by atoms with van der Waals surface area (Å²) in [5, 5.41) is 3.15. The lowest BCUT2D eigenvalue weighted by Gasteiger charge is -2.17. The second kappa shape index (κ2) is 10.2. The number of benzene rings is 2. The van der Waals surface area contributed by atoms with Crippen molar-refractivity contribution in [2.24, 2.45) is 4.99 Å². The van der Waals surface area contributed by atoms with Gasteiger partial charge in [-0.15, -0.1) is 11.3 Å². The standard InChI is InChI=1S/C23H24Cl2N2O4S/c1-28-20-9-14(10-21(29-2)22(20)30-3)19-13-32-23(27(19)12-16-5-4-8-31-16)26-18-7-6-15(24)11-17(18)25/h6-7,9-11,13,16H,4-5,8,12H2,1-3H3/t16-/m0/s1. The Morgan fingerprint density at radius 2 is 1.84 bits per heavy atom. The fourth-order valence-corrected chi connectivity index (χ4v) is 5.10. The van der Waals surface area contributed by atoms with E-state index >= 15 is 0 Å². The molecule has 4 rings (SSSR count). The third-order valence-electron chi connectivity index (χ3n) is 5.29. The van der Waals surface area contributed by atoms with E-state index in [1.165, 1.54) is 11.3 Å². The van der Waals surface area contributed by atoms with Gasteiger partial charge in [0.05, 0.1) is 50.4 Å². The maximum absolute atomic E-state index is 6.38. The highest BCUT2D eigenvalue weighted by atomic mass is 35.5. The first-order valence-corrected chi connectivity index (χ1v) is 11.8. The Balaban J connectivity index is 1.87. The van der Waals surface area contributed by atoms with E-state index in [1.54, 1.807) is 33.5 Å². The Bertz CT molecular complexity index is 1140. The summed E-state index contributed by atoms with van der Waals surface area (Å²) in [6, 6.07) is 9.17. The van der Waals surface area contributed by atoms with Gasteiger partial charge < -0.3 is 23.5 Å². The van der Waals surface area contributed by atoms with Crippen molar-refractivity contribution in [3.8, 4) is 28.5 Å². The fraction of sp³-hybridized carbons (Fsp3) is 0.348. The number of thiazole rings is 1. The van der Waals surface area contributed by atoms with Crippen molar-refractivity contribution in [1.82, 2.24) is 4.57 Å². The van der Waals surface area contributed by atoms with Crippen LogP contribution in [0.2, 0.25) is 10.0 Å². The van der Waals surface area contributed by atoms with Crippen molar-refractivity contribution in [3.05, 3.63) is 50.6 Å². The highest BCUT2D eigenvalue weighted by Gasteiger charge is 2.21. The Labute approximate surface area is 200 Å². The molecule has 0 saturated carbocycles. The molecule has 1 aliphatic heterocycles. The molecule has 0 aliphatic carbocycles. The molecule has 0 unspecified atom stereocenters. The Kier molecular flexibility index (Phi) is 7.30. The maximum atomic E-state index is 6.38. The molecular weight excluding hydrogens is 471 g/mol. The van der Waals surface area contributed by atoms with Gasteiger partial charge in [-0.3, -0.25) is 0 Å². The average Bonchev–Trinajstić information content (AvgIpc) is 3.45. The van der Waals surface area contributed by atoms with Crippen LogP contribution in [0, 0.1) is 0 Å². The predicted octanol–water partition coefficient (Wildman–Crippen LogP) is 5.96. The molecule has 0 amide bonds. The van der Waals surface area contributed by atoms with Crippen molar-refractivity contribution in [2.75, 3.05) is 27.9 Å². The average molecular weight is 495 g/mol. The van der Waals surface area contributed by atoms with Gasteiger partial charge in [0, 0.05) is 22.6 Å². The minimum Gasteiger partial charge on any atom is -0.493 e. The summed E-state index contributed by atoms with van der Waals surface area (Å²) >= 11 is 14.0. The second-order valence-electron chi connectivity index (χ2n) is 7.27. The van der Waals surface area contributed by atoms with E-state index in [2.05, 4.69) is 9.95 Å². The Morgan fingerprint density at radius 1 is 1.09 bits per heavy atom. The SMILES string of the molecule is COc1cc(-c2csc(=Nc3ccc(Cl)cc3Cl)n2C[C@@H]2CCCO2)cc(OC)c1OC. The van der Waals surface area contributed by atoms with Crippen LogP contribution in [0.4, 0.5) is 5.69 Å². The fourth-order valence-electron chi connectivity index (χ4n) is 3.72. The highest BCUT2D eigenvalue weighted by molar-refractivity contribution is 7.07. The first kappa shape index (κ1) is 23.0. The molecule has 1 atom stereocenters. The summed E-state index contributed by atoms with van der Waals surface area (Å²) in [5.74, 6) is 1.74. The molecule has 0 spiro atoms. The van der Waals surface area contributed by atoms with Crippen LogP contribution in [-0.2, 0) is 11.3 Å². The lowest BCUT2D eigenvalue weighted by molar-refractivity contribution is 0.0968. The van der Waals surface area contributed by atoms with Crippen LogP contribution in [-0.4, -0.2) is 38.6 Å². The summed E-state index contributed by atoms with van der Waals surface area (Å²) < 4.78 is 24.7. The molecule has 0 bridgehead atoms. The molecule has 2 heterocycles. The smallest absolute Gasteiger partial charge is 0.203 e. The summed E-state index contributed by atoms with van der Waals surface area (Å²) in [5.41, 5.74) is 2.57. The number of aromatic nitrogens is 1. The molecule has 2 aromatic carbocycles. The number of hydrogen-bond acceptors (Lipinski definition) is 6. The first-order chi connectivity index (χ1) is 15.5.